The van der Waals surface area contributed by atoms with Crippen LogP contribution >= 0.6 is 15.9 Å². The van der Waals surface area contributed by atoms with Crippen molar-refractivity contribution >= 4 is 21.7 Å². The van der Waals surface area contributed by atoms with Gasteiger partial charge < -0.3 is 4.90 Å². The van der Waals surface area contributed by atoms with Crippen LogP contribution in [0.15, 0.2) is 10.7 Å². The highest BCUT2D eigenvalue weighted by Crippen LogP contribution is 2.31. The van der Waals surface area contributed by atoms with Crippen LogP contribution < -0.4 is 4.90 Å². The van der Waals surface area contributed by atoms with E-state index in [9.17, 15) is 0 Å². The highest BCUT2D eigenvalue weighted by atomic mass is 79.9. The Morgan fingerprint density at radius 2 is 2.00 bits per heavy atom. The highest BCUT2D eigenvalue weighted by Gasteiger charge is 2.23. The van der Waals surface area contributed by atoms with E-state index in [1.165, 1.54) is 19.3 Å². The van der Waals surface area contributed by atoms with Gasteiger partial charge in [0.1, 0.15) is 16.2 Å². The van der Waals surface area contributed by atoms with Crippen molar-refractivity contribution in [3.05, 3.63) is 16.5 Å². The van der Waals surface area contributed by atoms with Gasteiger partial charge in [-0.2, -0.15) is 0 Å². The third-order valence-electron chi connectivity index (χ3n) is 3.46. The fraction of sp³-hybridized carbons (Fsp3) is 0.692. The second-order valence-electron chi connectivity index (χ2n) is 5.60. The van der Waals surface area contributed by atoms with Gasteiger partial charge in [0.25, 0.3) is 0 Å². The topological polar surface area (TPSA) is 29.0 Å². The summed E-state index contributed by atoms with van der Waals surface area (Å²) < 4.78 is 0.878. The Morgan fingerprint density at radius 1 is 1.24 bits per heavy atom. The molecule has 94 valence electrons. The van der Waals surface area contributed by atoms with Crippen molar-refractivity contribution in [3.63, 3.8) is 0 Å². The zero-order chi connectivity index (χ0) is 12.5. The van der Waals surface area contributed by atoms with Gasteiger partial charge in [-0.25, -0.2) is 9.97 Å². The molecule has 0 unspecified atom stereocenters. The predicted molar refractivity (Wildman–Crippen MR) is 74.3 cm³/mol. The predicted octanol–water partition coefficient (Wildman–Crippen LogP) is 3.56. The van der Waals surface area contributed by atoms with Crippen LogP contribution in [0.1, 0.15) is 38.9 Å². The fourth-order valence-electron chi connectivity index (χ4n) is 2.33. The number of nitrogens with zero attached hydrogens (tertiary/aromatic N) is 3. The minimum absolute atomic E-state index is 0.466. The van der Waals surface area contributed by atoms with Gasteiger partial charge in [-0.3, -0.25) is 0 Å². The van der Waals surface area contributed by atoms with Crippen molar-refractivity contribution < 1.29 is 0 Å². The molecule has 0 bridgehead atoms. The lowest BCUT2D eigenvalue weighted by molar-refractivity contribution is 0.325. The van der Waals surface area contributed by atoms with Gasteiger partial charge in [0.2, 0.25) is 0 Å². The Labute approximate surface area is 112 Å². The zero-order valence-electron chi connectivity index (χ0n) is 10.8. The summed E-state index contributed by atoms with van der Waals surface area (Å²) in [5.41, 5.74) is 0.466. The number of aromatic nitrogens is 2. The van der Waals surface area contributed by atoms with E-state index < -0.39 is 0 Å². The number of halogens is 1. The van der Waals surface area contributed by atoms with E-state index in [0.717, 1.165) is 29.3 Å². The molecule has 1 fully saturated rings. The molecule has 1 saturated heterocycles. The SMILES string of the molecule is Cc1nc(Br)cc(N2CCCC(C)(C)CC2)n1. The number of rotatable bonds is 1. The maximum atomic E-state index is 4.53. The molecule has 0 aromatic carbocycles. The molecule has 1 aromatic heterocycles. The number of hydrogen-bond donors (Lipinski definition) is 0. The van der Waals surface area contributed by atoms with Crippen LogP contribution in [-0.2, 0) is 0 Å². The molecule has 17 heavy (non-hydrogen) atoms. The van der Waals surface area contributed by atoms with E-state index in [2.05, 4.69) is 44.6 Å². The molecule has 1 aliphatic rings. The van der Waals surface area contributed by atoms with Crippen LogP contribution in [0.5, 0.6) is 0 Å². The molecule has 1 aliphatic heterocycles. The van der Waals surface area contributed by atoms with E-state index in [0.29, 0.717) is 5.41 Å². The van der Waals surface area contributed by atoms with Gasteiger partial charge in [0.15, 0.2) is 0 Å². The third-order valence-corrected chi connectivity index (χ3v) is 3.86. The normalized spacial score (nSPS) is 20.1. The molecule has 0 N–H and O–H groups in total. The van der Waals surface area contributed by atoms with Crippen molar-refractivity contribution in [2.45, 2.75) is 40.0 Å². The third kappa shape index (κ3) is 3.41. The minimum atomic E-state index is 0.466. The molecule has 0 aliphatic carbocycles. The average molecular weight is 298 g/mol. The molecule has 0 radical (unpaired) electrons. The van der Waals surface area contributed by atoms with Gasteiger partial charge in [-0.05, 0) is 47.5 Å². The van der Waals surface area contributed by atoms with Crippen molar-refractivity contribution in [1.29, 1.82) is 0 Å². The Kier molecular flexibility index (Phi) is 3.71. The maximum absolute atomic E-state index is 4.53. The molecule has 1 aromatic rings. The van der Waals surface area contributed by atoms with Crippen molar-refractivity contribution in [2.24, 2.45) is 5.41 Å². The number of aryl methyl sites for hydroxylation is 1. The fourth-order valence-corrected chi connectivity index (χ4v) is 2.79. The van der Waals surface area contributed by atoms with Gasteiger partial charge >= 0.3 is 0 Å². The highest BCUT2D eigenvalue weighted by molar-refractivity contribution is 9.10. The zero-order valence-corrected chi connectivity index (χ0v) is 12.4. The largest absolute Gasteiger partial charge is 0.356 e. The van der Waals surface area contributed by atoms with Crippen LogP contribution in [-0.4, -0.2) is 23.1 Å². The van der Waals surface area contributed by atoms with Crippen LogP contribution in [0.3, 0.4) is 0 Å². The summed E-state index contributed by atoms with van der Waals surface area (Å²) in [5, 5.41) is 0. The molecule has 0 atom stereocenters. The van der Waals surface area contributed by atoms with E-state index >= 15 is 0 Å². The van der Waals surface area contributed by atoms with Gasteiger partial charge in [0, 0.05) is 19.2 Å². The van der Waals surface area contributed by atoms with Gasteiger partial charge in [-0.1, -0.05) is 13.8 Å². The van der Waals surface area contributed by atoms with E-state index in [1.807, 2.05) is 13.0 Å². The van der Waals surface area contributed by atoms with Crippen LogP contribution in [0.25, 0.3) is 0 Å². The van der Waals surface area contributed by atoms with Crippen LogP contribution in [0.4, 0.5) is 5.82 Å². The van der Waals surface area contributed by atoms with E-state index in [1.54, 1.807) is 0 Å². The number of anilines is 1. The Balaban J connectivity index is 2.17. The lowest BCUT2D eigenvalue weighted by atomic mass is 9.85. The van der Waals surface area contributed by atoms with Crippen molar-refractivity contribution in [3.8, 4) is 0 Å². The molecular weight excluding hydrogens is 278 g/mol. The molecule has 2 rings (SSSR count). The molecule has 0 spiro atoms. The first-order chi connectivity index (χ1) is 7.96. The molecule has 3 nitrogen and oxygen atoms in total. The monoisotopic (exact) mass is 297 g/mol. The summed E-state index contributed by atoms with van der Waals surface area (Å²) in [5.74, 6) is 1.89. The van der Waals surface area contributed by atoms with Gasteiger partial charge in [-0.15, -0.1) is 0 Å². The summed E-state index contributed by atoms with van der Waals surface area (Å²) in [4.78, 5) is 11.2. The van der Waals surface area contributed by atoms with Crippen LogP contribution in [0, 0.1) is 12.3 Å². The standard InChI is InChI=1S/C13H20BrN3/c1-10-15-11(14)9-12(16-10)17-7-4-5-13(2,3)6-8-17/h9H,4-8H2,1-3H3. The minimum Gasteiger partial charge on any atom is -0.356 e. The smallest absolute Gasteiger partial charge is 0.133 e. The quantitative estimate of drug-likeness (QED) is 0.742. The molecular formula is C13H20BrN3. The average Bonchev–Trinajstić information content (AvgIpc) is 2.38. The van der Waals surface area contributed by atoms with Crippen molar-refractivity contribution in [2.75, 3.05) is 18.0 Å². The first-order valence-electron chi connectivity index (χ1n) is 6.22. The molecule has 0 saturated carbocycles. The summed E-state index contributed by atoms with van der Waals surface area (Å²) in [6, 6.07) is 2.02. The summed E-state index contributed by atoms with van der Waals surface area (Å²) in [6.07, 6.45) is 3.77. The second kappa shape index (κ2) is 4.92. The second-order valence-corrected chi connectivity index (χ2v) is 6.41. The maximum Gasteiger partial charge on any atom is 0.133 e. The van der Waals surface area contributed by atoms with Gasteiger partial charge in [0.05, 0.1) is 0 Å². The number of hydrogen-bond acceptors (Lipinski definition) is 3. The lowest BCUT2D eigenvalue weighted by Crippen LogP contribution is -2.26. The molecule has 4 heteroatoms. The first-order valence-corrected chi connectivity index (χ1v) is 7.02. The Bertz CT molecular complexity index is 383. The molecule has 2 heterocycles. The first kappa shape index (κ1) is 12.8. The Morgan fingerprint density at radius 3 is 2.71 bits per heavy atom. The van der Waals surface area contributed by atoms with E-state index in [4.69, 9.17) is 0 Å². The Hall–Kier alpha value is -0.640. The molecule has 0 amide bonds. The van der Waals surface area contributed by atoms with E-state index in [-0.39, 0.29) is 0 Å². The summed E-state index contributed by atoms with van der Waals surface area (Å²) >= 11 is 3.44. The summed E-state index contributed by atoms with van der Waals surface area (Å²) in [6.45, 7) is 8.85. The lowest BCUT2D eigenvalue weighted by Gasteiger charge is -2.24. The summed E-state index contributed by atoms with van der Waals surface area (Å²) in [7, 11) is 0. The van der Waals surface area contributed by atoms with Crippen molar-refractivity contribution in [1.82, 2.24) is 9.97 Å². The van der Waals surface area contributed by atoms with Crippen LogP contribution in [0.2, 0.25) is 0 Å².